The molecule has 0 spiro atoms. The van der Waals surface area contributed by atoms with Crippen LogP contribution in [0.3, 0.4) is 0 Å². The molecule has 176 valence electrons. The quantitative estimate of drug-likeness (QED) is 0.489. The lowest BCUT2D eigenvalue weighted by atomic mass is 10.1. The number of halogens is 1. The fraction of sp³-hybridized carbons (Fsp3) is 0.120. The summed E-state index contributed by atoms with van der Waals surface area (Å²) in [5, 5.41) is 20.1. The SMILES string of the molecule is O=C(O)COc1ccc(Br)cc1C1N=c2ccccc2=C2C(=O)NC(SCc3ccccc3)=NN21. The van der Waals surface area contributed by atoms with Gasteiger partial charge in [0.2, 0.25) is 0 Å². The van der Waals surface area contributed by atoms with E-state index in [1.54, 1.807) is 23.2 Å². The molecular weight excluding hydrogens is 532 g/mol. The molecule has 3 aromatic carbocycles. The van der Waals surface area contributed by atoms with Gasteiger partial charge in [0.1, 0.15) is 11.4 Å². The molecule has 0 fully saturated rings. The van der Waals surface area contributed by atoms with Crippen LogP contribution in [0.2, 0.25) is 0 Å². The number of nitrogens with one attached hydrogen (secondary N) is 1. The number of carboxylic acid groups (broad SMARTS) is 1. The molecule has 1 atom stereocenters. The van der Waals surface area contributed by atoms with Crippen LogP contribution in [-0.2, 0) is 15.3 Å². The lowest BCUT2D eigenvalue weighted by Gasteiger charge is -2.34. The third-order valence-corrected chi connectivity index (χ3v) is 6.76. The first-order valence-corrected chi connectivity index (χ1v) is 12.4. The Kier molecular flexibility index (Phi) is 6.56. The minimum atomic E-state index is -1.09. The van der Waals surface area contributed by atoms with Crippen LogP contribution in [-0.4, -0.2) is 33.8 Å². The van der Waals surface area contributed by atoms with E-state index in [1.807, 2.05) is 54.6 Å². The Morgan fingerprint density at radius 3 is 2.69 bits per heavy atom. The highest BCUT2D eigenvalue weighted by Crippen LogP contribution is 2.37. The number of amides is 1. The van der Waals surface area contributed by atoms with E-state index in [4.69, 9.17) is 19.9 Å². The maximum atomic E-state index is 13.3. The van der Waals surface area contributed by atoms with Crippen molar-refractivity contribution in [3.63, 3.8) is 0 Å². The summed E-state index contributed by atoms with van der Waals surface area (Å²) in [6.45, 7) is -0.504. The summed E-state index contributed by atoms with van der Waals surface area (Å²) in [7, 11) is 0. The number of rotatable bonds is 6. The average Bonchev–Trinajstić information content (AvgIpc) is 2.86. The van der Waals surface area contributed by atoms with Gasteiger partial charge < -0.3 is 9.84 Å². The topological polar surface area (TPSA) is 104 Å². The molecular formula is C25H19BrN4O4S. The number of hydrogen-bond acceptors (Lipinski definition) is 7. The number of amidine groups is 1. The van der Waals surface area contributed by atoms with Gasteiger partial charge in [0.25, 0.3) is 5.91 Å². The number of benzene rings is 3. The number of carboxylic acids is 1. The van der Waals surface area contributed by atoms with Gasteiger partial charge in [0.05, 0.1) is 5.36 Å². The summed E-state index contributed by atoms with van der Waals surface area (Å²) in [5.41, 5.74) is 2.05. The molecule has 0 aromatic heterocycles. The maximum Gasteiger partial charge on any atom is 0.341 e. The molecule has 1 amide bonds. The molecule has 0 saturated carbocycles. The molecule has 2 N–H and O–H groups in total. The van der Waals surface area contributed by atoms with Crippen LogP contribution in [0.5, 0.6) is 5.75 Å². The normalized spacial score (nSPS) is 16.4. The van der Waals surface area contributed by atoms with Gasteiger partial charge in [-0.3, -0.25) is 15.1 Å². The van der Waals surface area contributed by atoms with Crippen LogP contribution >= 0.6 is 27.7 Å². The Morgan fingerprint density at radius 1 is 1.11 bits per heavy atom. The van der Waals surface area contributed by atoms with Gasteiger partial charge >= 0.3 is 5.97 Å². The summed E-state index contributed by atoms with van der Waals surface area (Å²) in [6, 6.07) is 22.5. The highest BCUT2D eigenvalue weighted by atomic mass is 79.9. The molecule has 0 radical (unpaired) electrons. The van der Waals surface area contributed by atoms with Crippen LogP contribution in [0.15, 0.2) is 87.4 Å². The van der Waals surface area contributed by atoms with E-state index in [2.05, 4.69) is 21.2 Å². The van der Waals surface area contributed by atoms with Crippen molar-refractivity contribution >= 4 is 50.4 Å². The van der Waals surface area contributed by atoms with Crippen molar-refractivity contribution in [2.75, 3.05) is 6.61 Å². The molecule has 10 heteroatoms. The first kappa shape index (κ1) is 23.1. The Bertz CT molecular complexity index is 1460. The van der Waals surface area contributed by atoms with Gasteiger partial charge in [0.15, 0.2) is 17.9 Å². The number of nitrogens with zero attached hydrogens (tertiary/aromatic N) is 3. The highest BCUT2D eigenvalue weighted by Gasteiger charge is 2.36. The summed E-state index contributed by atoms with van der Waals surface area (Å²) < 4.78 is 6.32. The number of ether oxygens (including phenoxy) is 1. The summed E-state index contributed by atoms with van der Waals surface area (Å²) in [5.74, 6) is -0.397. The monoisotopic (exact) mass is 550 g/mol. The van der Waals surface area contributed by atoms with E-state index in [1.165, 1.54) is 11.8 Å². The lowest BCUT2D eigenvalue weighted by molar-refractivity contribution is -0.139. The molecule has 5 rings (SSSR count). The zero-order valence-corrected chi connectivity index (χ0v) is 20.6. The number of hydrazone groups is 1. The number of carbonyl (C=O) groups is 2. The fourth-order valence-electron chi connectivity index (χ4n) is 3.81. The molecule has 2 aliphatic heterocycles. The summed E-state index contributed by atoms with van der Waals surface area (Å²) in [4.78, 5) is 29.3. The average molecular weight is 551 g/mol. The summed E-state index contributed by atoms with van der Waals surface area (Å²) in [6.07, 6.45) is -0.737. The molecule has 0 saturated heterocycles. The zero-order chi connectivity index (χ0) is 24.4. The molecule has 3 aromatic rings. The number of hydrogen-bond donors (Lipinski definition) is 2. The van der Waals surface area contributed by atoms with Crippen molar-refractivity contribution in [2.24, 2.45) is 10.1 Å². The largest absolute Gasteiger partial charge is 0.481 e. The molecule has 1 unspecified atom stereocenters. The number of aliphatic carboxylic acids is 1. The number of fused-ring (bicyclic) bond motifs is 2. The third kappa shape index (κ3) is 4.94. The van der Waals surface area contributed by atoms with E-state index < -0.39 is 18.7 Å². The smallest absolute Gasteiger partial charge is 0.341 e. The van der Waals surface area contributed by atoms with E-state index in [9.17, 15) is 9.59 Å². The maximum absolute atomic E-state index is 13.3. The molecule has 8 nitrogen and oxygen atoms in total. The Balaban J connectivity index is 1.59. The first-order chi connectivity index (χ1) is 17.0. The van der Waals surface area contributed by atoms with Crippen molar-refractivity contribution in [3.8, 4) is 5.75 Å². The molecule has 0 aliphatic carbocycles. The predicted molar refractivity (Wildman–Crippen MR) is 136 cm³/mol. The Morgan fingerprint density at radius 2 is 1.89 bits per heavy atom. The zero-order valence-electron chi connectivity index (χ0n) is 18.2. The Hall–Kier alpha value is -3.63. The molecule has 2 heterocycles. The second-order valence-electron chi connectivity index (χ2n) is 7.71. The standard InChI is InChI=1S/C25H19BrN4O4S/c26-16-10-11-20(34-13-21(31)32)18(12-16)23-27-19-9-5-4-8-17(19)22-24(33)28-25(29-30(22)23)35-14-15-6-2-1-3-7-15/h1-12,23H,13-14H2,(H,31,32)(H,28,29,33). The van der Waals surface area contributed by atoms with E-state index >= 15 is 0 Å². The second-order valence-corrected chi connectivity index (χ2v) is 9.59. The van der Waals surface area contributed by atoms with Crippen molar-refractivity contribution in [2.45, 2.75) is 11.9 Å². The summed E-state index contributed by atoms with van der Waals surface area (Å²) >= 11 is 4.89. The minimum absolute atomic E-state index is 0.286. The third-order valence-electron chi connectivity index (χ3n) is 5.33. The van der Waals surface area contributed by atoms with Crippen LogP contribution in [0.4, 0.5) is 0 Å². The van der Waals surface area contributed by atoms with Crippen molar-refractivity contribution in [3.05, 3.63) is 99.0 Å². The lowest BCUT2D eigenvalue weighted by Crippen LogP contribution is -2.50. The van der Waals surface area contributed by atoms with Gasteiger partial charge in [-0.05, 0) is 29.8 Å². The van der Waals surface area contributed by atoms with E-state index in [0.717, 1.165) is 10.0 Å². The van der Waals surface area contributed by atoms with Gasteiger partial charge in [-0.25, -0.2) is 9.80 Å². The highest BCUT2D eigenvalue weighted by molar-refractivity contribution is 9.10. The van der Waals surface area contributed by atoms with E-state index in [-0.39, 0.29) is 5.91 Å². The number of para-hydroxylation sites is 1. The van der Waals surface area contributed by atoms with Crippen molar-refractivity contribution in [1.29, 1.82) is 0 Å². The molecule has 35 heavy (non-hydrogen) atoms. The van der Waals surface area contributed by atoms with Crippen LogP contribution in [0, 0.1) is 0 Å². The van der Waals surface area contributed by atoms with Crippen LogP contribution in [0.1, 0.15) is 17.3 Å². The molecule has 2 aliphatic rings. The van der Waals surface area contributed by atoms with Gasteiger partial charge in [0, 0.05) is 21.0 Å². The van der Waals surface area contributed by atoms with Crippen molar-refractivity contribution < 1.29 is 19.4 Å². The molecule has 0 bridgehead atoms. The van der Waals surface area contributed by atoms with Crippen molar-refractivity contribution in [1.82, 2.24) is 10.3 Å². The first-order valence-electron chi connectivity index (χ1n) is 10.7. The number of thioether (sulfide) groups is 1. The van der Waals surface area contributed by atoms with E-state index in [0.29, 0.717) is 38.5 Å². The number of carbonyl (C=O) groups excluding carboxylic acids is 1. The Labute approximate surface area is 213 Å². The second kappa shape index (κ2) is 9.93. The predicted octanol–water partition coefficient (Wildman–Crippen LogP) is 2.99. The van der Waals surface area contributed by atoms with Crippen LogP contribution in [0.25, 0.3) is 5.70 Å². The van der Waals surface area contributed by atoms with Gasteiger partial charge in [-0.1, -0.05) is 76.2 Å². The van der Waals surface area contributed by atoms with Gasteiger partial charge in [-0.2, -0.15) is 0 Å². The van der Waals surface area contributed by atoms with Crippen LogP contribution < -0.4 is 20.6 Å². The van der Waals surface area contributed by atoms with Gasteiger partial charge in [-0.15, -0.1) is 5.10 Å². The minimum Gasteiger partial charge on any atom is -0.481 e. The fourth-order valence-corrected chi connectivity index (χ4v) is 5.00.